The molecule has 0 bridgehead atoms. The van der Waals surface area contributed by atoms with Gasteiger partial charge in [0.25, 0.3) is 0 Å². The molecule has 1 amide bonds. The first kappa shape index (κ1) is 17.6. The largest absolute Gasteiger partial charge is 0.342 e. The second kappa shape index (κ2) is 7.79. The van der Waals surface area contributed by atoms with E-state index >= 15 is 0 Å². The topological polar surface area (TPSA) is 46.3 Å². The van der Waals surface area contributed by atoms with Crippen LogP contribution in [0.2, 0.25) is 0 Å². The van der Waals surface area contributed by atoms with Crippen molar-refractivity contribution in [2.75, 3.05) is 19.6 Å². The molecule has 1 fully saturated rings. The summed E-state index contributed by atoms with van der Waals surface area (Å²) in [6.45, 7) is 3.95. The Morgan fingerprint density at radius 3 is 2.64 bits per heavy atom. The summed E-state index contributed by atoms with van der Waals surface area (Å²) >= 11 is 0. The Morgan fingerprint density at radius 1 is 1.20 bits per heavy atom. The fraction of sp³-hybridized carbons (Fsp3) is 0.381. The SMILES string of the molecule is CC(CC(=O)N1C[C@@H](CN)[C@H](c2ccccc2)C1)c1cccc(F)c1. The zero-order valence-corrected chi connectivity index (χ0v) is 14.6. The minimum Gasteiger partial charge on any atom is -0.342 e. The van der Waals surface area contributed by atoms with Crippen LogP contribution in [0.4, 0.5) is 4.39 Å². The van der Waals surface area contributed by atoms with Gasteiger partial charge >= 0.3 is 0 Å². The Hall–Kier alpha value is -2.20. The molecule has 3 atom stereocenters. The summed E-state index contributed by atoms with van der Waals surface area (Å²) in [6, 6.07) is 16.8. The van der Waals surface area contributed by atoms with Crippen molar-refractivity contribution in [1.82, 2.24) is 4.90 Å². The molecule has 2 aromatic carbocycles. The first-order valence-electron chi connectivity index (χ1n) is 8.86. The molecule has 4 heteroatoms. The first-order valence-corrected chi connectivity index (χ1v) is 8.86. The number of nitrogens with zero attached hydrogens (tertiary/aromatic N) is 1. The molecular formula is C21H25FN2O. The van der Waals surface area contributed by atoms with E-state index in [0.29, 0.717) is 32.0 Å². The lowest BCUT2D eigenvalue weighted by Gasteiger charge is -2.19. The van der Waals surface area contributed by atoms with Gasteiger partial charge in [-0.3, -0.25) is 4.79 Å². The molecule has 3 rings (SSSR count). The highest BCUT2D eigenvalue weighted by Crippen LogP contribution is 2.33. The van der Waals surface area contributed by atoms with Crippen LogP contribution in [0.15, 0.2) is 54.6 Å². The highest BCUT2D eigenvalue weighted by atomic mass is 19.1. The summed E-state index contributed by atoms with van der Waals surface area (Å²) in [7, 11) is 0. The van der Waals surface area contributed by atoms with E-state index in [2.05, 4.69) is 12.1 Å². The number of hydrogen-bond donors (Lipinski definition) is 1. The van der Waals surface area contributed by atoms with Gasteiger partial charge in [0.1, 0.15) is 5.82 Å². The van der Waals surface area contributed by atoms with Crippen LogP contribution >= 0.6 is 0 Å². The lowest BCUT2D eigenvalue weighted by molar-refractivity contribution is -0.130. The van der Waals surface area contributed by atoms with Crippen molar-refractivity contribution >= 4 is 5.91 Å². The Morgan fingerprint density at radius 2 is 1.96 bits per heavy atom. The molecule has 0 aromatic heterocycles. The van der Waals surface area contributed by atoms with Crippen LogP contribution in [0.1, 0.15) is 36.3 Å². The minimum atomic E-state index is -0.259. The smallest absolute Gasteiger partial charge is 0.223 e. The molecule has 0 aliphatic carbocycles. The van der Waals surface area contributed by atoms with Crippen LogP contribution in [0.5, 0.6) is 0 Å². The van der Waals surface area contributed by atoms with E-state index in [4.69, 9.17) is 5.73 Å². The van der Waals surface area contributed by atoms with Crippen molar-refractivity contribution in [2.24, 2.45) is 11.7 Å². The summed E-state index contributed by atoms with van der Waals surface area (Å²) in [6.07, 6.45) is 0.391. The predicted molar refractivity (Wildman–Crippen MR) is 97.7 cm³/mol. The summed E-state index contributed by atoms with van der Waals surface area (Å²) < 4.78 is 13.4. The molecule has 2 aromatic rings. The van der Waals surface area contributed by atoms with Gasteiger partial charge in [-0.25, -0.2) is 4.39 Å². The lowest BCUT2D eigenvalue weighted by Crippen LogP contribution is -2.30. The van der Waals surface area contributed by atoms with Crippen molar-refractivity contribution in [3.05, 3.63) is 71.5 Å². The van der Waals surface area contributed by atoms with Crippen molar-refractivity contribution < 1.29 is 9.18 Å². The van der Waals surface area contributed by atoms with Gasteiger partial charge in [0.2, 0.25) is 5.91 Å². The molecule has 1 unspecified atom stereocenters. The average molecular weight is 340 g/mol. The number of likely N-dealkylation sites (tertiary alicyclic amines) is 1. The Balaban J connectivity index is 1.66. The van der Waals surface area contributed by atoms with Gasteiger partial charge in [-0.2, -0.15) is 0 Å². The van der Waals surface area contributed by atoms with Crippen LogP contribution in [0.3, 0.4) is 0 Å². The normalized spacial score (nSPS) is 21.3. The number of carbonyl (C=O) groups excluding carboxylic acids is 1. The van der Waals surface area contributed by atoms with Crippen LogP contribution in [-0.2, 0) is 4.79 Å². The summed E-state index contributed by atoms with van der Waals surface area (Å²) in [5.41, 5.74) is 8.06. The van der Waals surface area contributed by atoms with E-state index in [9.17, 15) is 9.18 Å². The molecule has 1 aliphatic heterocycles. The molecule has 25 heavy (non-hydrogen) atoms. The molecular weight excluding hydrogens is 315 g/mol. The van der Waals surface area contributed by atoms with Gasteiger partial charge in [0.05, 0.1) is 0 Å². The van der Waals surface area contributed by atoms with Crippen molar-refractivity contribution in [3.8, 4) is 0 Å². The monoisotopic (exact) mass is 340 g/mol. The number of carbonyl (C=O) groups is 1. The van der Waals surface area contributed by atoms with Crippen molar-refractivity contribution in [2.45, 2.75) is 25.2 Å². The quantitative estimate of drug-likeness (QED) is 0.905. The fourth-order valence-corrected chi connectivity index (χ4v) is 3.71. The summed E-state index contributed by atoms with van der Waals surface area (Å²) in [4.78, 5) is 14.7. The fourth-order valence-electron chi connectivity index (χ4n) is 3.71. The molecule has 0 radical (unpaired) electrons. The summed E-state index contributed by atoms with van der Waals surface area (Å²) in [5.74, 6) is 0.435. The number of nitrogens with two attached hydrogens (primary N) is 1. The zero-order valence-electron chi connectivity index (χ0n) is 14.6. The van der Waals surface area contributed by atoms with Gasteiger partial charge in [-0.1, -0.05) is 49.4 Å². The molecule has 3 nitrogen and oxygen atoms in total. The van der Waals surface area contributed by atoms with E-state index in [1.165, 1.54) is 17.7 Å². The van der Waals surface area contributed by atoms with E-state index in [1.807, 2.05) is 36.1 Å². The molecule has 1 aliphatic rings. The van der Waals surface area contributed by atoms with Crippen LogP contribution in [0.25, 0.3) is 0 Å². The van der Waals surface area contributed by atoms with Gasteiger partial charge in [0, 0.05) is 25.4 Å². The molecule has 132 valence electrons. The number of amides is 1. The molecule has 2 N–H and O–H groups in total. The zero-order chi connectivity index (χ0) is 17.8. The lowest BCUT2D eigenvalue weighted by atomic mass is 9.89. The third kappa shape index (κ3) is 4.07. The van der Waals surface area contributed by atoms with Crippen LogP contribution < -0.4 is 5.73 Å². The van der Waals surface area contributed by atoms with E-state index in [1.54, 1.807) is 6.07 Å². The Bertz CT molecular complexity index is 719. The van der Waals surface area contributed by atoms with E-state index < -0.39 is 0 Å². The average Bonchev–Trinajstić information content (AvgIpc) is 3.07. The number of rotatable bonds is 5. The minimum absolute atomic E-state index is 0.00435. The standard InChI is InChI=1S/C21H25FN2O/c1-15(17-8-5-9-19(22)11-17)10-21(25)24-13-18(12-23)20(14-24)16-6-3-2-4-7-16/h2-9,11,15,18,20H,10,12-14,23H2,1H3/t15?,18-,20+/m1/s1. The maximum Gasteiger partial charge on any atom is 0.223 e. The predicted octanol–water partition coefficient (Wildman–Crippen LogP) is 3.52. The van der Waals surface area contributed by atoms with Crippen LogP contribution in [0, 0.1) is 11.7 Å². The first-order chi connectivity index (χ1) is 12.1. The number of hydrogen-bond acceptors (Lipinski definition) is 2. The highest BCUT2D eigenvalue weighted by molar-refractivity contribution is 5.77. The van der Waals surface area contributed by atoms with Gasteiger partial charge < -0.3 is 10.6 Å². The number of benzene rings is 2. The van der Waals surface area contributed by atoms with Gasteiger partial charge in [0.15, 0.2) is 0 Å². The third-order valence-corrected chi connectivity index (χ3v) is 5.22. The highest BCUT2D eigenvalue weighted by Gasteiger charge is 2.35. The second-order valence-corrected chi connectivity index (χ2v) is 6.97. The van der Waals surface area contributed by atoms with Crippen molar-refractivity contribution in [1.29, 1.82) is 0 Å². The second-order valence-electron chi connectivity index (χ2n) is 6.97. The van der Waals surface area contributed by atoms with Crippen molar-refractivity contribution in [3.63, 3.8) is 0 Å². The maximum absolute atomic E-state index is 13.4. The molecule has 1 heterocycles. The summed E-state index contributed by atoms with van der Waals surface area (Å²) in [5, 5.41) is 0. The molecule has 1 saturated heterocycles. The van der Waals surface area contributed by atoms with Gasteiger partial charge in [-0.15, -0.1) is 0 Å². The maximum atomic E-state index is 13.4. The van der Waals surface area contributed by atoms with E-state index in [0.717, 1.165) is 5.56 Å². The van der Waals surface area contributed by atoms with Crippen LogP contribution in [-0.4, -0.2) is 30.4 Å². The molecule has 0 spiro atoms. The Kier molecular flexibility index (Phi) is 5.49. The molecule has 0 saturated carbocycles. The third-order valence-electron chi connectivity index (χ3n) is 5.22. The number of halogens is 1. The van der Waals surface area contributed by atoms with E-state index in [-0.39, 0.29) is 23.6 Å². The Labute approximate surface area is 148 Å². The van der Waals surface area contributed by atoms with Gasteiger partial charge in [-0.05, 0) is 41.6 Å².